The third kappa shape index (κ3) is 2.06. The smallest absolute Gasteiger partial charge is 0.251 e. The molecule has 3 aromatic rings. The van der Waals surface area contributed by atoms with Gasteiger partial charge in [-0.05, 0) is 18.2 Å². The fourth-order valence-electron chi connectivity index (χ4n) is 1.92. The summed E-state index contributed by atoms with van der Waals surface area (Å²) in [4.78, 5) is 23.2. The Hall–Kier alpha value is -2.69. The summed E-state index contributed by atoms with van der Waals surface area (Å²) in [7, 11) is 1.61. The molecule has 94 valence electrons. The van der Waals surface area contributed by atoms with Crippen molar-refractivity contribution in [2.24, 2.45) is 0 Å². The molecule has 5 heteroatoms. The van der Waals surface area contributed by atoms with Crippen molar-refractivity contribution in [3.63, 3.8) is 0 Å². The number of carbonyl (C=O) groups is 1. The van der Waals surface area contributed by atoms with Crippen molar-refractivity contribution < 1.29 is 4.79 Å². The molecule has 0 radical (unpaired) electrons. The highest BCUT2D eigenvalue weighted by atomic mass is 16.1. The lowest BCUT2D eigenvalue weighted by molar-refractivity contribution is 0.0963. The summed E-state index contributed by atoms with van der Waals surface area (Å²) in [5, 5.41) is 2.59. The van der Waals surface area contributed by atoms with E-state index in [-0.39, 0.29) is 5.91 Å². The van der Waals surface area contributed by atoms with Crippen LogP contribution in [0.15, 0.2) is 42.7 Å². The number of aromatic nitrogens is 3. The highest BCUT2D eigenvalue weighted by molar-refractivity contribution is 5.94. The third-order valence-corrected chi connectivity index (χ3v) is 2.93. The molecule has 0 fully saturated rings. The summed E-state index contributed by atoms with van der Waals surface area (Å²) < 4.78 is 0. The molecule has 0 bridgehead atoms. The number of amides is 1. The Morgan fingerprint density at radius 1 is 1.21 bits per heavy atom. The van der Waals surface area contributed by atoms with Crippen LogP contribution in [-0.2, 0) is 0 Å². The minimum atomic E-state index is -0.0969. The molecule has 2 N–H and O–H groups in total. The maximum absolute atomic E-state index is 11.5. The number of nitrogens with one attached hydrogen (secondary N) is 2. The Morgan fingerprint density at radius 3 is 2.68 bits per heavy atom. The molecular formula is C14H12N4O. The van der Waals surface area contributed by atoms with Crippen molar-refractivity contribution in [2.45, 2.75) is 0 Å². The van der Waals surface area contributed by atoms with Crippen LogP contribution in [0.4, 0.5) is 0 Å². The van der Waals surface area contributed by atoms with E-state index in [1.54, 1.807) is 31.6 Å². The lowest BCUT2D eigenvalue weighted by Crippen LogP contribution is -2.17. The molecule has 5 nitrogen and oxygen atoms in total. The van der Waals surface area contributed by atoms with Crippen LogP contribution in [0.25, 0.3) is 22.4 Å². The molecule has 0 atom stereocenters. The average Bonchev–Trinajstić information content (AvgIpc) is 2.90. The highest BCUT2D eigenvalue weighted by Crippen LogP contribution is 2.20. The molecule has 0 unspecified atom stereocenters. The lowest BCUT2D eigenvalue weighted by atomic mass is 10.1. The van der Waals surface area contributed by atoms with E-state index in [4.69, 9.17) is 0 Å². The summed E-state index contributed by atoms with van der Waals surface area (Å²) >= 11 is 0. The number of benzene rings is 1. The maximum atomic E-state index is 11.5. The van der Waals surface area contributed by atoms with Crippen molar-refractivity contribution in [3.05, 3.63) is 48.3 Å². The molecular weight excluding hydrogens is 240 g/mol. The predicted octanol–water partition coefficient (Wildman–Crippen LogP) is 1.98. The van der Waals surface area contributed by atoms with Crippen LogP contribution >= 0.6 is 0 Å². The number of hydrogen-bond acceptors (Lipinski definition) is 3. The van der Waals surface area contributed by atoms with Crippen LogP contribution in [0, 0.1) is 0 Å². The van der Waals surface area contributed by atoms with Crippen LogP contribution in [0.1, 0.15) is 10.4 Å². The van der Waals surface area contributed by atoms with Gasteiger partial charge in [0.25, 0.3) is 5.91 Å². The fourth-order valence-corrected chi connectivity index (χ4v) is 1.92. The van der Waals surface area contributed by atoms with Gasteiger partial charge >= 0.3 is 0 Å². The van der Waals surface area contributed by atoms with Gasteiger partial charge in [-0.1, -0.05) is 12.1 Å². The van der Waals surface area contributed by atoms with E-state index in [1.807, 2.05) is 18.2 Å². The molecule has 2 heterocycles. The first-order valence-electron chi connectivity index (χ1n) is 5.90. The zero-order valence-electron chi connectivity index (χ0n) is 10.3. The van der Waals surface area contributed by atoms with Gasteiger partial charge in [0.05, 0.1) is 17.2 Å². The van der Waals surface area contributed by atoms with Gasteiger partial charge in [-0.25, -0.2) is 4.98 Å². The molecule has 0 saturated heterocycles. The van der Waals surface area contributed by atoms with Gasteiger partial charge in [-0.15, -0.1) is 0 Å². The number of imidazole rings is 1. The van der Waals surface area contributed by atoms with Crippen molar-refractivity contribution in [3.8, 4) is 11.4 Å². The Balaban J connectivity index is 1.99. The quantitative estimate of drug-likeness (QED) is 0.732. The molecule has 0 saturated carbocycles. The largest absolute Gasteiger partial charge is 0.355 e. The Morgan fingerprint density at radius 2 is 2.00 bits per heavy atom. The standard InChI is InChI=1S/C14H12N4O/c1-15-14(19)10-4-2-9(3-5-10)13-17-11-6-7-16-8-12(11)18-13/h2-8H,1H3,(H,15,19)(H,17,18). The Kier molecular flexibility index (Phi) is 2.72. The number of pyridine rings is 1. The summed E-state index contributed by atoms with van der Waals surface area (Å²) in [5.74, 6) is 0.673. The summed E-state index contributed by atoms with van der Waals surface area (Å²) in [6, 6.07) is 9.15. The zero-order valence-corrected chi connectivity index (χ0v) is 10.3. The predicted molar refractivity (Wildman–Crippen MR) is 72.7 cm³/mol. The zero-order chi connectivity index (χ0) is 13.2. The van der Waals surface area contributed by atoms with E-state index in [1.165, 1.54) is 0 Å². The van der Waals surface area contributed by atoms with Gasteiger partial charge in [0, 0.05) is 24.4 Å². The van der Waals surface area contributed by atoms with Crippen molar-refractivity contribution in [1.29, 1.82) is 0 Å². The number of rotatable bonds is 2. The molecule has 1 aromatic carbocycles. The third-order valence-electron chi connectivity index (χ3n) is 2.93. The molecule has 0 spiro atoms. The number of aromatic amines is 1. The first kappa shape index (κ1) is 11.4. The Labute approximate surface area is 109 Å². The van der Waals surface area contributed by atoms with E-state index >= 15 is 0 Å². The highest BCUT2D eigenvalue weighted by Gasteiger charge is 2.07. The van der Waals surface area contributed by atoms with Crippen LogP contribution in [0.5, 0.6) is 0 Å². The minimum Gasteiger partial charge on any atom is -0.355 e. The number of hydrogen-bond donors (Lipinski definition) is 2. The van der Waals surface area contributed by atoms with Gasteiger partial charge < -0.3 is 10.3 Å². The van der Waals surface area contributed by atoms with E-state index in [0.717, 1.165) is 22.4 Å². The van der Waals surface area contributed by atoms with Gasteiger partial charge in [-0.3, -0.25) is 9.78 Å². The second-order valence-electron chi connectivity index (χ2n) is 4.13. The number of carbonyl (C=O) groups excluding carboxylic acids is 1. The number of H-pyrrole nitrogens is 1. The molecule has 0 aliphatic heterocycles. The summed E-state index contributed by atoms with van der Waals surface area (Å²) in [5.41, 5.74) is 3.33. The van der Waals surface area contributed by atoms with E-state index in [2.05, 4.69) is 20.3 Å². The van der Waals surface area contributed by atoms with Crippen LogP contribution in [-0.4, -0.2) is 27.9 Å². The number of nitrogens with zero attached hydrogens (tertiary/aromatic N) is 2. The normalized spacial score (nSPS) is 10.6. The average molecular weight is 252 g/mol. The van der Waals surface area contributed by atoms with Crippen molar-refractivity contribution in [1.82, 2.24) is 20.3 Å². The first-order valence-corrected chi connectivity index (χ1v) is 5.90. The lowest BCUT2D eigenvalue weighted by Gasteiger charge is -2.00. The molecule has 0 aliphatic rings. The van der Waals surface area contributed by atoms with Gasteiger partial charge in [-0.2, -0.15) is 0 Å². The van der Waals surface area contributed by atoms with E-state index in [0.29, 0.717) is 5.56 Å². The SMILES string of the molecule is CNC(=O)c1ccc(-c2nc3ccncc3[nH]2)cc1. The molecule has 2 aromatic heterocycles. The second-order valence-corrected chi connectivity index (χ2v) is 4.13. The van der Waals surface area contributed by atoms with E-state index < -0.39 is 0 Å². The first-order chi connectivity index (χ1) is 9.28. The minimum absolute atomic E-state index is 0.0969. The summed E-state index contributed by atoms with van der Waals surface area (Å²) in [6.45, 7) is 0. The number of fused-ring (bicyclic) bond motifs is 1. The topological polar surface area (TPSA) is 70.7 Å². The van der Waals surface area contributed by atoms with Gasteiger partial charge in [0.1, 0.15) is 5.82 Å². The van der Waals surface area contributed by atoms with Crippen LogP contribution in [0.2, 0.25) is 0 Å². The summed E-state index contributed by atoms with van der Waals surface area (Å²) in [6.07, 6.45) is 3.45. The fraction of sp³-hybridized carbons (Fsp3) is 0.0714. The van der Waals surface area contributed by atoms with E-state index in [9.17, 15) is 4.79 Å². The van der Waals surface area contributed by atoms with Crippen LogP contribution in [0.3, 0.4) is 0 Å². The molecule has 3 rings (SSSR count). The molecule has 19 heavy (non-hydrogen) atoms. The Bertz CT molecular complexity index is 698. The van der Waals surface area contributed by atoms with Crippen LogP contribution < -0.4 is 5.32 Å². The molecule has 1 amide bonds. The van der Waals surface area contributed by atoms with Crippen molar-refractivity contribution in [2.75, 3.05) is 7.05 Å². The molecule has 0 aliphatic carbocycles. The second kappa shape index (κ2) is 4.53. The van der Waals surface area contributed by atoms with Crippen molar-refractivity contribution >= 4 is 16.9 Å². The van der Waals surface area contributed by atoms with Gasteiger partial charge in [0.15, 0.2) is 0 Å². The monoisotopic (exact) mass is 252 g/mol. The maximum Gasteiger partial charge on any atom is 0.251 e. The van der Waals surface area contributed by atoms with Gasteiger partial charge in [0.2, 0.25) is 0 Å².